The summed E-state index contributed by atoms with van der Waals surface area (Å²) in [4.78, 5) is 31.7. The number of fused-ring (bicyclic) bond motifs is 8. The molecule has 0 fully saturated rings. The standard InChI is InChI=1S/C52H43IN4OS/c1-28-24-30(3)47(31(4)25-28)51-43-20-16-39(54-43)49(35-8-12-37(53)13-9-35)40-17-21-44(55-40)52(48-32(5)26-29(2)27-33(48)6)46-23-19-42(57-46)50(41-18-22-45(51)56-41)36-10-14-38(15-11-36)59-34(7)58/h8-27,56-57H,1-7H3. The van der Waals surface area contributed by atoms with E-state index in [1.54, 1.807) is 6.92 Å². The molecular formula is C52H43IN4OS. The Morgan fingerprint density at radius 3 is 1.24 bits per heavy atom. The van der Waals surface area contributed by atoms with Crippen molar-refractivity contribution in [1.29, 1.82) is 0 Å². The Balaban J connectivity index is 1.48. The number of aryl methyl sites for hydroxylation is 6. The van der Waals surface area contributed by atoms with Crippen LogP contribution in [0.4, 0.5) is 0 Å². The van der Waals surface area contributed by atoms with Crippen molar-refractivity contribution in [2.24, 2.45) is 0 Å². The van der Waals surface area contributed by atoms with E-state index in [9.17, 15) is 4.79 Å². The highest BCUT2D eigenvalue weighted by Crippen LogP contribution is 2.41. The molecule has 2 aliphatic rings. The van der Waals surface area contributed by atoms with Crippen LogP contribution in [0.3, 0.4) is 0 Å². The highest BCUT2D eigenvalue weighted by atomic mass is 127. The highest BCUT2D eigenvalue weighted by Gasteiger charge is 2.22. The summed E-state index contributed by atoms with van der Waals surface area (Å²) in [5.41, 5.74) is 23.1. The van der Waals surface area contributed by atoms with E-state index in [4.69, 9.17) is 9.97 Å². The minimum atomic E-state index is 0.0597. The van der Waals surface area contributed by atoms with Crippen molar-refractivity contribution >= 4 is 85.8 Å². The molecule has 9 rings (SSSR count). The molecule has 0 unspecified atom stereocenters. The summed E-state index contributed by atoms with van der Waals surface area (Å²) in [6.07, 6.45) is 8.60. The molecule has 0 atom stereocenters. The van der Waals surface area contributed by atoms with Crippen LogP contribution in [0.25, 0.3) is 90.9 Å². The first kappa shape index (κ1) is 38.7. The maximum Gasteiger partial charge on any atom is 0.190 e. The molecule has 3 aromatic heterocycles. The molecular weight excluding hydrogens is 856 g/mol. The van der Waals surface area contributed by atoms with Crippen LogP contribution in [0.15, 0.2) is 102 Å². The van der Waals surface area contributed by atoms with E-state index in [2.05, 4.69) is 183 Å². The molecule has 290 valence electrons. The second-order valence-corrected chi connectivity index (χ2v) is 18.2. The minimum absolute atomic E-state index is 0.0597. The summed E-state index contributed by atoms with van der Waals surface area (Å²) in [5, 5.41) is 0.0597. The number of carbonyl (C=O) groups is 1. The number of hydrogen-bond acceptors (Lipinski definition) is 4. The fourth-order valence-electron chi connectivity index (χ4n) is 8.96. The molecule has 8 bridgehead atoms. The number of halogens is 1. The minimum Gasteiger partial charge on any atom is -0.354 e. The third-order valence-electron chi connectivity index (χ3n) is 11.1. The van der Waals surface area contributed by atoms with Gasteiger partial charge in [0, 0.05) is 59.7 Å². The predicted octanol–water partition coefficient (Wildman–Crippen LogP) is 14.4. The van der Waals surface area contributed by atoms with Gasteiger partial charge in [-0.2, -0.15) is 0 Å². The average molecular weight is 899 g/mol. The van der Waals surface area contributed by atoms with Gasteiger partial charge in [0.2, 0.25) is 0 Å². The van der Waals surface area contributed by atoms with E-state index in [0.717, 1.165) is 94.2 Å². The van der Waals surface area contributed by atoms with Gasteiger partial charge < -0.3 is 9.97 Å². The summed E-state index contributed by atoms with van der Waals surface area (Å²) in [7, 11) is 0. The molecule has 0 saturated carbocycles. The van der Waals surface area contributed by atoms with Crippen molar-refractivity contribution in [3.63, 3.8) is 0 Å². The lowest BCUT2D eigenvalue weighted by molar-refractivity contribution is -0.109. The SMILES string of the molecule is CC(=O)Sc1ccc(-c2c3ccc([nH]3)c(-c3c(C)cc(C)cc3C)c3nc(c(-c4ccc(I)cc4)c4nc(c(-c5c(C)cc(C)cc5C)c5ccc2[nH]5)C=C4)C=C3)cc1. The summed E-state index contributed by atoms with van der Waals surface area (Å²) in [6.45, 7) is 14.7. The Bertz CT molecular complexity index is 2910. The fraction of sp³-hybridized carbons (Fsp3) is 0.135. The van der Waals surface area contributed by atoms with Gasteiger partial charge in [-0.1, -0.05) is 71.4 Å². The van der Waals surface area contributed by atoms with Crippen LogP contribution in [0.2, 0.25) is 0 Å². The third kappa shape index (κ3) is 7.31. The van der Waals surface area contributed by atoms with Crippen LogP contribution < -0.4 is 0 Å². The molecule has 2 N–H and O–H groups in total. The first-order chi connectivity index (χ1) is 28.4. The number of carbonyl (C=O) groups excluding carboxylic acids is 1. The van der Waals surface area contributed by atoms with Crippen molar-refractivity contribution in [3.8, 4) is 44.5 Å². The molecule has 0 spiro atoms. The summed E-state index contributed by atoms with van der Waals surface area (Å²) in [5.74, 6) is 0. The lowest BCUT2D eigenvalue weighted by Gasteiger charge is -2.13. The lowest BCUT2D eigenvalue weighted by atomic mass is 9.92. The number of benzene rings is 4. The van der Waals surface area contributed by atoms with Gasteiger partial charge in [0.05, 0.1) is 22.8 Å². The number of hydrogen-bond donors (Lipinski definition) is 2. The largest absolute Gasteiger partial charge is 0.354 e. The Morgan fingerprint density at radius 2 is 0.831 bits per heavy atom. The predicted molar refractivity (Wildman–Crippen MR) is 258 cm³/mol. The van der Waals surface area contributed by atoms with Gasteiger partial charge in [0.15, 0.2) is 5.12 Å². The van der Waals surface area contributed by atoms with Gasteiger partial charge in [0.1, 0.15) is 0 Å². The number of aromatic amines is 2. The topological polar surface area (TPSA) is 74.4 Å². The first-order valence-corrected chi connectivity index (χ1v) is 21.7. The Kier molecular flexibility index (Phi) is 10.1. The Morgan fingerprint density at radius 1 is 0.475 bits per heavy atom. The number of H-pyrrole nitrogens is 2. The van der Waals surface area contributed by atoms with E-state index in [-0.39, 0.29) is 5.12 Å². The number of aromatic nitrogens is 4. The van der Waals surface area contributed by atoms with Crippen molar-refractivity contribution in [2.45, 2.75) is 53.4 Å². The summed E-state index contributed by atoms with van der Waals surface area (Å²) in [6, 6.07) is 34.7. The fourth-order valence-corrected chi connectivity index (χ4v) is 9.92. The number of nitrogens with zero attached hydrogens (tertiary/aromatic N) is 2. The maximum absolute atomic E-state index is 12.0. The lowest BCUT2D eigenvalue weighted by Crippen LogP contribution is -1.95. The number of rotatable bonds is 5. The molecule has 0 amide bonds. The van der Waals surface area contributed by atoms with Gasteiger partial charge >= 0.3 is 0 Å². The Hall–Kier alpha value is -5.77. The van der Waals surface area contributed by atoms with Gasteiger partial charge in [-0.05, 0) is 181 Å². The molecule has 7 aromatic rings. The second kappa shape index (κ2) is 15.4. The molecule has 5 nitrogen and oxygen atoms in total. The van der Waals surface area contributed by atoms with Crippen molar-refractivity contribution in [3.05, 3.63) is 157 Å². The van der Waals surface area contributed by atoms with Gasteiger partial charge in [-0.15, -0.1) is 0 Å². The van der Waals surface area contributed by atoms with Crippen LogP contribution in [-0.4, -0.2) is 25.1 Å². The zero-order valence-electron chi connectivity index (χ0n) is 34.1. The summed E-state index contributed by atoms with van der Waals surface area (Å²) < 4.78 is 1.17. The van der Waals surface area contributed by atoms with Crippen molar-refractivity contribution in [1.82, 2.24) is 19.9 Å². The van der Waals surface area contributed by atoms with Gasteiger partial charge in [0.25, 0.3) is 0 Å². The van der Waals surface area contributed by atoms with Crippen molar-refractivity contribution < 1.29 is 4.79 Å². The maximum atomic E-state index is 12.0. The monoisotopic (exact) mass is 898 g/mol. The highest BCUT2D eigenvalue weighted by molar-refractivity contribution is 14.1. The Labute approximate surface area is 362 Å². The van der Waals surface area contributed by atoms with E-state index >= 15 is 0 Å². The van der Waals surface area contributed by atoms with Crippen molar-refractivity contribution in [2.75, 3.05) is 0 Å². The number of nitrogens with one attached hydrogen (secondary N) is 2. The van der Waals surface area contributed by atoms with Crippen LogP contribution >= 0.6 is 34.4 Å². The molecule has 59 heavy (non-hydrogen) atoms. The van der Waals surface area contributed by atoms with E-state index in [0.29, 0.717) is 0 Å². The average Bonchev–Trinajstić information content (AvgIpc) is 4.02. The van der Waals surface area contributed by atoms with E-state index in [1.165, 1.54) is 48.7 Å². The molecule has 5 heterocycles. The van der Waals surface area contributed by atoms with Crippen LogP contribution in [-0.2, 0) is 4.79 Å². The quantitative estimate of drug-likeness (QED) is 0.133. The molecule has 4 aromatic carbocycles. The smallest absolute Gasteiger partial charge is 0.190 e. The van der Waals surface area contributed by atoms with Gasteiger partial charge in [-0.3, -0.25) is 4.79 Å². The third-order valence-corrected chi connectivity index (χ3v) is 12.7. The molecule has 7 heteroatoms. The van der Waals surface area contributed by atoms with E-state index < -0.39 is 0 Å². The van der Waals surface area contributed by atoms with Crippen LogP contribution in [0, 0.1) is 45.1 Å². The first-order valence-electron chi connectivity index (χ1n) is 19.8. The normalized spacial score (nSPS) is 12.1. The van der Waals surface area contributed by atoms with Crippen LogP contribution in [0.5, 0.6) is 0 Å². The summed E-state index contributed by atoms with van der Waals surface area (Å²) >= 11 is 3.61. The zero-order valence-corrected chi connectivity index (χ0v) is 37.1. The molecule has 0 radical (unpaired) electrons. The number of thioether (sulfide) groups is 1. The van der Waals surface area contributed by atoms with Gasteiger partial charge in [-0.25, -0.2) is 9.97 Å². The van der Waals surface area contributed by atoms with E-state index in [1.807, 2.05) is 12.1 Å². The second-order valence-electron chi connectivity index (χ2n) is 15.7. The zero-order chi connectivity index (χ0) is 41.1. The van der Waals surface area contributed by atoms with Crippen LogP contribution in [0.1, 0.15) is 63.1 Å². The molecule has 0 aliphatic carbocycles. The molecule has 2 aliphatic heterocycles. The molecule has 0 saturated heterocycles.